The topological polar surface area (TPSA) is 53.5 Å². The molecule has 0 saturated carbocycles. The summed E-state index contributed by atoms with van der Waals surface area (Å²) in [5.41, 5.74) is 0.825. The summed E-state index contributed by atoms with van der Waals surface area (Å²) in [7, 11) is 0. The second-order valence-electron chi connectivity index (χ2n) is 7.64. The van der Waals surface area contributed by atoms with Crippen molar-refractivity contribution in [2.24, 2.45) is 5.41 Å². The van der Waals surface area contributed by atoms with Crippen molar-refractivity contribution < 1.29 is 9.59 Å². The molecule has 2 saturated heterocycles. The molecule has 2 aliphatic rings. The highest BCUT2D eigenvalue weighted by Gasteiger charge is 2.45. The third kappa shape index (κ3) is 4.02. The van der Waals surface area contributed by atoms with Gasteiger partial charge in [-0.2, -0.15) is 0 Å². The number of aromatic nitrogens is 1. The van der Waals surface area contributed by atoms with Gasteiger partial charge in [0.05, 0.1) is 5.41 Å². The molecule has 146 valence electrons. The van der Waals surface area contributed by atoms with Gasteiger partial charge in [0.25, 0.3) is 0 Å². The maximum absolute atomic E-state index is 13.3. The number of nitrogens with zero attached hydrogens (tertiary/aromatic N) is 3. The average Bonchev–Trinajstić information content (AvgIpc) is 3.25. The third-order valence-corrected chi connectivity index (χ3v) is 6.75. The Labute approximate surface area is 169 Å². The first-order chi connectivity index (χ1) is 13.7. The molecule has 0 unspecified atom stereocenters. The molecule has 0 radical (unpaired) electrons. The van der Waals surface area contributed by atoms with E-state index < -0.39 is 0 Å². The normalized spacial score (nSPS) is 19.5. The molecular weight excluding hydrogens is 370 g/mol. The maximum atomic E-state index is 13.3. The summed E-state index contributed by atoms with van der Waals surface area (Å²) in [5.74, 6) is 0.303. The van der Waals surface area contributed by atoms with Crippen LogP contribution in [0.3, 0.4) is 0 Å². The fourth-order valence-electron chi connectivity index (χ4n) is 4.28. The second kappa shape index (κ2) is 8.27. The van der Waals surface area contributed by atoms with Gasteiger partial charge in [-0.1, -0.05) is 6.07 Å². The predicted molar refractivity (Wildman–Crippen MR) is 110 cm³/mol. The molecule has 28 heavy (non-hydrogen) atoms. The van der Waals surface area contributed by atoms with Crippen LogP contribution in [0.25, 0.3) is 6.08 Å². The van der Waals surface area contributed by atoms with E-state index in [0.29, 0.717) is 19.6 Å². The molecule has 0 aliphatic carbocycles. The zero-order chi connectivity index (χ0) is 19.4. The van der Waals surface area contributed by atoms with Gasteiger partial charge in [-0.3, -0.25) is 14.6 Å². The monoisotopic (exact) mass is 395 g/mol. The summed E-state index contributed by atoms with van der Waals surface area (Å²) in [6, 6.07) is 7.91. The molecule has 1 spiro atoms. The van der Waals surface area contributed by atoms with Gasteiger partial charge >= 0.3 is 0 Å². The Morgan fingerprint density at radius 1 is 1.14 bits per heavy atom. The number of hydrogen-bond donors (Lipinski definition) is 0. The fraction of sp³-hybridized carbons (Fsp3) is 0.409. The van der Waals surface area contributed by atoms with Crippen LogP contribution in [0.4, 0.5) is 0 Å². The van der Waals surface area contributed by atoms with Crippen molar-refractivity contribution in [2.75, 3.05) is 19.6 Å². The molecule has 0 N–H and O–H groups in total. The highest BCUT2D eigenvalue weighted by molar-refractivity contribution is 7.10. The van der Waals surface area contributed by atoms with Crippen LogP contribution in [0.1, 0.15) is 36.1 Å². The second-order valence-corrected chi connectivity index (χ2v) is 8.62. The Morgan fingerprint density at radius 3 is 2.64 bits per heavy atom. The van der Waals surface area contributed by atoms with Crippen LogP contribution in [0, 0.1) is 5.41 Å². The average molecular weight is 396 g/mol. The van der Waals surface area contributed by atoms with E-state index in [0.717, 1.165) is 42.7 Å². The molecule has 2 fully saturated rings. The molecular formula is C22H25N3O2S. The lowest BCUT2D eigenvalue weighted by molar-refractivity contribution is -0.152. The number of thiophene rings is 1. The minimum Gasteiger partial charge on any atom is -0.339 e. The van der Waals surface area contributed by atoms with Crippen molar-refractivity contribution in [1.29, 1.82) is 0 Å². The smallest absolute Gasteiger partial charge is 0.246 e. The Morgan fingerprint density at radius 2 is 1.93 bits per heavy atom. The molecule has 0 atom stereocenters. The van der Waals surface area contributed by atoms with E-state index in [-0.39, 0.29) is 17.2 Å². The van der Waals surface area contributed by atoms with Gasteiger partial charge in [-0.05, 0) is 60.9 Å². The molecule has 6 heteroatoms. The van der Waals surface area contributed by atoms with Gasteiger partial charge < -0.3 is 9.80 Å². The van der Waals surface area contributed by atoms with E-state index in [1.54, 1.807) is 29.8 Å². The summed E-state index contributed by atoms with van der Waals surface area (Å²) >= 11 is 1.62. The number of carbonyl (C=O) groups is 2. The first kappa shape index (κ1) is 18.9. The van der Waals surface area contributed by atoms with Crippen molar-refractivity contribution in [3.8, 4) is 0 Å². The summed E-state index contributed by atoms with van der Waals surface area (Å²) in [6.45, 7) is 2.77. The first-order valence-corrected chi connectivity index (χ1v) is 10.7. The van der Waals surface area contributed by atoms with Crippen LogP contribution >= 0.6 is 11.3 Å². The molecule has 4 rings (SSSR count). The largest absolute Gasteiger partial charge is 0.339 e. The molecule has 2 aliphatic heterocycles. The highest BCUT2D eigenvalue weighted by Crippen LogP contribution is 2.41. The molecule has 0 aromatic carbocycles. The van der Waals surface area contributed by atoms with E-state index in [4.69, 9.17) is 0 Å². The summed E-state index contributed by atoms with van der Waals surface area (Å²) < 4.78 is 0. The number of piperidine rings is 2. The SMILES string of the molecule is O=C(/C=C/c1cccs1)N1CCC2(CCCN(Cc3ccncc3)C2=O)CC1. The van der Waals surface area contributed by atoms with Gasteiger partial charge in [0, 0.05) is 49.5 Å². The van der Waals surface area contributed by atoms with E-state index >= 15 is 0 Å². The van der Waals surface area contributed by atoms with Crippen molar-refractivity contribution in [3.63, 3.8) is 0 Å². The van der Waals surface area contributed by atoms with Crippen molar-refractivity contribution in [2.45, 2.75) is 32.2 Å². The minimum atomic E-state index is -0.292. The van der Waals surface area contributed by atoms with E-state index in [9.17, 15) is 9.59 Å². The molecule has 0 bridgehead atoms. The Hall–Kier alpha value is -2.47. The Bertz CT molecular complexity index is 840. The Balaban J connectivity index is 1.37. The van der Waals surface area contributed by atoms with Crippen molar-refractivity contribution in [3.05, 3.63) is 58.6 Å². The number of hydrogen-bond acceptors (Lipinski definition) is 4. The van der Waals surface area contributed by atoms with Gasteiger partial charge in [0.1, 0.15) is 0 Å². The van der Waals surface area contributed by atoms with Crippen LogP contribution in [0.15, 0.2) is 48.1 Å². The summed E-state index contributed by atoms with van der Waals surface area (Å²) in [4.78, 5) is 34.8. The molecule has 2 aromatic heterocycles. The lowest BCUT2D eigenvalue weighted by atomic mass is 9.71. The molecule has 2 amide bonds. The minimum absolute atomic E-state index is 0.0418. The number of likely N-dealkylation sites (tertiary alicyclic amines) is 2. The van der Waals surface area contributed by atoms with Crippen LogP contribution in [0.5, 0.6) is 0 Å². The van der Waals surface area contributed by atoms with Gasteiger partial charge in [-0.25, -0.2) is 0 Å². The van der Waals surface area contributed by atoms with E-state index in [1.807, 2.05) is 45.5 Å². The summed E-state index contributed by atoms with van der Waals surface area (Å²) in [5, 5.41) is 2.00. The van der Waals surface area contributed by atoms with Gasteiger partial charge in [-0.15, -0.1) is 11.3 Å². The molecule has 5 nitrogen and oxygen atoms in total. The fourth-order valence-corrected chi connectivity index (χ4v) is 4.89. The Kier molecular flexibility index (Phi) is 5.57. The number of rotatable bonds is 4. The van der Waals surface area contributed by atoms with Crippen molar-refractivity contribution in [1.82, 2.24) is 14.8 Å². The third-order valence-electron chi connectivity index (χ3n) is 5.91. The number of carbonyl (C=O) groups excluding carboxylic acids is 2. The van der Waals surface area contributed by atoms with Crippen LogP contribution in [-0.2, 0) is 16.1 Å². The zero-order valence-electron chi connectivity index (χ0n) is 15.9. The quantitative estimate of drug-likeness (QED) is 0.744. The van der Waals surface area contributed by atoms with Crippen LogP contribution in [0.2, 0.25) is 0 Å². The first-order valence-electron chi connectivity index (χ1n) is 9.85. The highest BCUT2D eigenvalue weighted by atomic mass is 32.1. The van der Waals surface area contributed by atoms with Gasteiger partial charge in [0.15, 0.2) is 0 Å². The maximum Gasteiger partial charge on any atom is 0.246 e. The number of amides is 2. The number of pyridine rings is 1. The molecule has 2 aromatic rings. The van der Waals surface area contributed by atoms with E-state index in [2.05, 4.69) is 4.98 Å². The standard InChI is InChI=1S/C22H25N3O2S/c26-20(5-4-19-3-1-16-28-19)24-14-9-22(10-15-24)8-2-13-25(21(22)27)17-18-6-11-23-12-7-18/h1,3-7,11-12,16H,2,8-10,13-15,17H2/b5-4+. The van der Waals surface area contributed by atoms with Crippen molar-refractivity contribution >= 4 is 29.2 Å². The lowest BCUT2D eigenvalue weighted by Gasteiger charge is -2.46. The zero-order valence-corrected chi connectivity index (χ0v) is 16.7. The van der Waals surface area contributed by atoms with Crippen LogP contribution in [-0.4, -0.2) is 46.2 Å². The lowest BCUT2D eigenvalue weighted by Crippen LogP contribution is -2.53. The predicted octanol–water partition coefficient (Wildman–Crippen LogP) is 3.59. The summed E-state index contributed by atoms with van der Waals surface area (Å²) in [6.07, 6.45) is 10.6. The van der Waals surface area contributed by atoms with Crippen LogP contribution < -0.4 is 0 Å². The molecule has 4 heterocycles. The van der Waals surface area contributed by atoms with Gasteiger partial charge in [0.2, 0.25) is 11.8 Å². The van der Waals surface area contributed by atoms with E-state index in [1.165, 1.54) is 0 Å².